The Bertz CT molecular complexity index is 764. The molecule has 1 N–H and O–H groups in total. The van der Waals surface area contributed by atoms with E-state index in [4.69, 9.17) is 11.6 Å². The number of allylic oxidation sites excluding steroid dienone is 2. The molecule has 1 saturated heterocycles. The Morgan fingerprint density at radius 3 is 2.46 bits per heavy atom. The molecule has 1 saturated carbocycles. The van der Waals surface area contributed by atoms with Crippen LogP contribution in [0.3, 0.4) is 0 Å². The van der Waals surface area contributed by atoms with Gasteiger partial charge < -0.3 is 5.32 Å². The number of halogens is 2. The van der Waals surface area contributed by atoms with Gasteiger partial charge in [0.1, 0.15) is 6.54 Å². The molecule has 1 aromatic rings. The number of anilines is 1. The number of benzene rings is 1. The second kappa shape index (κ2) is 5.41. The van der Waals surface area contributed by atoms with Crippen LogP contribution in [0.25, 0.3) is 0 Å². The fourth-order valence-electron chi connectivity index (χ4n) is 4.05. The number of carbonyl (C=O) groups excluding carboxylic acids is 3. The van der Waals surface area contributed by atoms with Crippen molar-refractivity contribution in [2.45, 2.75) is 6.42 Å². The minimum absolute atomic E-state index is 0.0754. The van der Waals surface area contributed by atoms with Crippen molar-refractivity contribution < 1.29 is 18.8 Å². The first-order chi connectivity index (χ1) is 11.5. The molecule has 4 rings (SSSR count). The first-order valence-corrected chi connectivity index (χ1v) is 8.12. The van der Waals surface area contributed by atoms with Gasteiger partial charge in [0, 0.05) is 0 Å². The van der Waals surface area contributed by atoms with Crippen molar-refractivity contribution in [1.82, 2.24) is 4.90 Å². The SMILES string of the molecule is O=C(CN1C(=O)[C@@H]2[C@@H](C1=O)[C@H]1C=C[C@H]2C1)Nc1cccc(Cl)c1F. The molecule has 4 atom stereocenters. The van der Waals surface area contributed by atoms with Gasteiger partial charge in [-0.25, -0.2) is 4.39 Å². The van der Waals surface area contributed by atoms with Crippen LogP contribution in [-0.4, -0.2) is 29.2 Å². The lowest BCUT2D eigenvalue weighted by Gasteiger charge is -2.17. The fourth-order valence-corrected chi connectivity index (χ4v) is 4.23. The Morgan fingerprint density at radius 1 is 1.21 bits per heavy atom. The zero-order valence-electron chi connectivity index (χ0n) is 12.5. The zero-order valence-corrected chi connectivity index (χ0v) is 13.3. The van der Waals surface area contributed by atoms with E-state index in [-0.39, 0.29) is 46.2 Å². The van der Waals surface area contributed by atoms with Crippen molar-refractivity contribution in [3.63, 3.8) is 0 Å². The minimum atomic E-state index is -0.745. The molecule has 5 nitrogen and oxygen atoms in total. The molecule has 1 aliphatic heterocycles. The summed E-state index contributed by atoms with van der Waals surface area (Å²) >= 11 is 5.67. The van der Waals surface area contributed by atoms with Crippen LogP contribution in [0.4, 0.5) is 10.1 Å². The van der Waals surface area contributed by atoms with Crippen molar-refractivity contribution in [1.29, 1.82) is 0 Å². The Labute approximate surface area is 142 Å². The summed E-state index contributed by atoms with van der Waals surface area (Å²) in [5, 5.41) is 2.25. The van der Waals surface area contributed by atoms with E-state index in [1.165, 1.54) is 18.2 Å². The predicted octanol–water partition coefficient (Wildman–Crippen LogP) is 2.22. The van der Waals surface area contributed by atoms with Crippen molar-refractivity contribution >= 4 is 35.0 Å². The lowest BCUT2D eigenvalue weighted by molar-refractivity contribution is -0.143. The van der Waals surface area contributed by atoms with Gasteiger partial charge in [0.25, 0.3) is 0 Å². The van der Waals surface area contributed by atoms with Crippen LogP contribution >= 0.6 is 11.6 Å². The number of carbonyl (C=O) groups is 3. The molecule has 3 amide bonds. The maximum Gasteiger partial charge on any atom is 0.244 e. The third-order valence-corrected chi connectivity index (χ3v) is 5.38. The lowest BCUT2D eigenvalue weighted by atomic mass is 9.85. The quantitative estimate of drug-likeness (QED) is 0.673. The lowest BCUT2D eigenvalue weighted by Crippen LogP contribution is -2.39. The van der Waals surface area contributed by atoms with E-state index in [9.17, 15) is 18.8 Å². The van der Waals surface area contributed by atoms with Crippen LogP contribution in [0.15, 0.2) is 30.4 Å². The molecular formula is C17H14ClFN2O3. The van der Waals surface area contributed by atoms with Gasteiger partial charge in [-0.15, -0.1) is 0 Å². The van der Waals surface area contributed by atoms with Gasteiger partial charge in [0.2, 0.25) is 17.7 Å². The zero-order chi connectivity index (χ0) is 17.0. The summed E-state index contributed by atoms with van der Waals surface area (Å²) in [7, 11) is 0. The minimum Gasteiger partial charge on any atom is -0.322 e. The molecule has 2 aliphatic carbocycles. The molecule has 0 spiro atoms. The van der Waals surface area contributed by atoms with Gasteiger partial charge in [0.05, 0.1) is 22.5 Å². The van der Waals surface area contributed by atoms with E-state index in [1.807, 2.05) is 12.2 Å². The summed E-state index contributed by atoms with van der Waals surface area (Å²) in [6.45, 7) is -0.407. The average Bonchev–Trinajstić information content (AvgIpc) is 3.22. The second-order valence-electron chi connectivity index (χ2n) is 6.41. The van der Waals surface area contributed by atoms with E-state index < -0.39 is 18.3 Å². The van der Waals surface area contributed by atoms with Crippen molar-refractivity contribution in [2.75, 3.05) is 11.9 Å². The van der Waals surface area contributed by atoms with E-state index in [2.05, 4.69) is 5.32 Å². The smallest absolute Gasteiger partial charge is 0.244 e. The van der Waals surface area contributed by atoms with Crippen LogP contribution in [0.2, 0.25) is 5.02 Å². The Hall–Kier alpha value is -2.21. The maximum atomic E-state index is 13.8. The van der Waals surface area contributed by atoms with Crippen molar-refractivity contribution in [3.8, 4) is 0 Å². The van der Waals surface area contributed by atoms with E-state index in [0.717, 1.165) is 11.3 Å². The monoisotopic (exact) mass is 348 g/mol. The molecule has 2 bridgehead atoms. The average molecular weight is 349 g/mol. The fraction of sp³-hybridized carbons (Fsp3) is 0.353. The number of fused-ring (bicyclic) bond motifs is 5. The van der Waals surface area contributed by atoms with Crippen LogP contribution in [0.5, 0.6) is 0 Å². The summed E-state index contributed by atoms with van der Waals surface area (Å²) in [4.78, 5) is 38.1. The molecule has 0 radical (unpaired) electrons. The Morgan fingerprint density at radius 2 is 1.83 bits per heavy atom. The van der Waals surface area contributed by atoms with Gasteiger partial charge >= 0.3 is 0 Å². The van der Waals surface area contributed by atoms with Gasteiger partial charge in [-0.05, 0) is 30.4 Å². The molecule has 7 heteroatoms. The number of amides is 3. The summed E-state index contributed by atoms with van der Waals surface area (Å²) < 4.78 is 13.8. The Balaban J connectivity index is 1.48. The van der Waals surface area contributed by atoms with Gasteiger partial charge in [-0.1, -0.05) is 29.8 Å². The van der Waals surface area contributed by atoms with Crippen LogP contribution < -0.4 is 5.32 Å². The number of nitrogens with one attached hydrogen (secondary N) is 1. The number of nitrogens with zero attached hydrogens (tertiary/aromatic N) is 1. The first kappa shape index (κ1) is 15.3. The largest absolute Gasteiger partial charge is 0.322 e. The predicted molar refractivity (Wildman–Crippen MR) is 84.5 cm³/mol. The number of likely N-dealkylation sites (tertiary alicyclic amines) is 1. The summed E-state index contributed by atoms with van der Waals surface area (Å²) in [5.41, 5.74) is -0.0754. The highest BCUT2D eigenvalue weighted by atomic mass is 35.5. The molecule has 24 heavy (non-hydrogen) atoms. The van der Waals surface area contributed by atoms with Crippen molar-refractivity contribution in [3.05, 3.63) is 41.2 Å². The standard InChI is InChI=1S/C17H14ClFN2O3/c18-10-2-1-3-11(15(10)19)20-12(22)7-21-16(23)13-8-4-5-9(6-8)14(13)17(21)24/h1-5,8-9,13-14H,6-7H2,(H,20,22)/t8-,9-,13-,14-/m0/s1. The Kier molecular flexibility index (Phi) is 3.46. The van der Waals surface area contributed by atoms with Crippen LogP contribution in [0.1, 0.15) is 6.42 Å². The molecule has 1 heterocycles. The van der Waals surface area contributed by atoms with E-state index >= 15 is 0 Å². The highest BCUT2D eigenvalue weighted by molar-refractivity contribution is 6.31. The topological polar surface area (TPSA) is 66.5 Å². The highest BCUT2D eigenvalue weighted by Crippen LogP contribution is 2.52. The molecular weight excluding hydrogens is 335 g/mol. The number of rotatable bonds is 3. The van der Waals surface area contributed by atoms with Crippen molar-refractivity contribution in [2.24, 2.45) is 23.7 Å². The molecule has 0 unspecified atom stereocenters. The summed E-state index contributed by atoms with van der Waals surface area (Å²) in [6.07, 6.45) is 4.81. The maximum absolute atomic E-state index is 13.8. The van der Waals surface area contributed by atoms with Gasteiger partial charge in [-0.3, -0.25) is 19.3 Å². The second-order valence-corrected chi connectivity index (χ2v) is 6.82. The van der Waals surface area contributed by atoms with E-state index in [0.29, 0.717) is 0 Å². The number of hydrogen-bond acceptors (Lipinski definition) is 3. The highest BCUT2D eigenvalue weighted by Gasteiger charge is 2.59. The molecule has 2 fully saturated rings. The molecule has 3 aliphatic rings. The number of hydrogen-bond donors (Lipinski definition) is 1. The normalized spacial score (nSPS) is 30.2. The molecule has 124 valence electrons. The van der Waals surface area contributed by atoms with Crippen LogP contribution in [0, 0.1) is 29.5 Å². The van der Waals surface area contributed by atoms with Crippen LogP contribution in [-0.2, 0) is 14.4 Å². The number of imide groups is 1. The summed E-state index contributed by atoms with van der Waals surface area (Å²) in [6, 6.07) is 4.23. The molecule has 0 aromatic heterocycles. The first-order valence-electron chi connectivity index (χ1n) is 7.75. The third kappa shape index (κ3) is 2.17. The van der Waals surface area contributed by atoms with Gasteiger partial charge in [-0.2, -0.15) is 0 Å². The third-order valence-electron chi connectivity index (χ3n) is 5.09. The molecule has 1 aromatic carbocycles. The van der Waals surface area contributed by atoms with E-state index in [1.54, 1.807) is 0 Å². The summed E-state index contributed by atoms with van der Waals surface area (Å²) in [5.74, 6) is -2.48. The van der Waals surface area contributed by atoms with Gasteiger partial charge in [0.15, 0.2) is 5.82 Å².